The number of aromatic amines is 1. The molecule has 4 amide bonds. The van der Waals surface area contributed by atoms with Crippen LogP contribution in [0.15, 0.2) is 60.8 Å². The van der Waals surface area contributed by atoms with Crippen molar-refractivity contribution in [3.05, 3.63) is 71.9 Å². The summed E-state index contributed by atoms with van der Waals surface area (Å²) >= 11 is 0. The average molecular weight is 609 g/mol. The monoisotopic (exact) mass is 608 g/mol. The van der Waals surface area contributed by atoms with Gasteiger partial charge in [-0.05, 0) is 30.0 Å². The third-order valence-corrected chi connectivity index (χ3v) is 6.95. The first-order valence-corrected chi connectivity index (χ1v) is 13.9. The Balaban J connectivity index is 1.80. The van der Waals surface area contributed by atoms with Crippen LogP contribution in [-0.2, 0) is 41.6 Å². The molecule has 4 atom stereocenters. The van der Waals surface area contributed by atoms with Gasteiger partial charge in [-0.2, -0.15) is 0 Å². The number of rotatable bonds is 17. The van der Waals surface area contributed by atoms with E-state index in [1.54, 1.807) is 36.5 Å². The normalized spacial score (nSPS) is 13.7. The fraction of sp³-hybridized carbons (Fsp3) is 0.333. The van der Waals surface area contributed by atoms with E-state index >= 15 is 0 Å². The molecule has 2 aromatic carbocycles. The third kappa shape index (κ3) is 9.94. The number of aromatic nitrogens is 1. The highest BCUT2D eigenvalue weighted by Crippen LogP contribution is 2.19. The zero-order chi connectivity index (χ0) is 32.2. The Morgan fingerprint density at radius 2 is 1.34 bits per heavy atom. The minimum Gasteiger partial charge on any atom is -0.481 e. The first-order valence-electron chi connectivity index (χ1n) is 13.9. The van der Waals surface area contributed by atoms with Crippen molar-refractivity contribution in [3.8, 4) is 0 Å². The Kier molecular flexibility index (Phi) is 12.0. The van der Waals surface area contributed by atoms with Gasteiger partial charge >= 0.3 is 11.9 Å². The topological polar surface area (TPSA) is 247 Å². The summed E-state index contributed by atoms with van der Waals surface area (Å²) < 4.78 is 0. The van der Waals surface area contributed by atoms with Gasteiger partial charge in [-0.15, -0.1) is 0 Å². The van der Waals surface area contributed by atoms with E-state index < -0.39 is 66.2 Å². The number of carbonyl (C=O) groups excluding carboxylic acids is 4. The molecule has 0 bridgehead atoms. The van der Waals surface area contributed by atoms with E-state index in [0.717, 1.165) is 10.9 Å². The van der Waals surface area contributed by atoms with Gasteiger partial charge in [-0.1, -0.05) is 48.5 Å². The zero-order valence-electron chi connectivity index (χ0n) is 23.8. The number of nitrogens with two attached hydrogens (primary N) is 2. The molecule has 0 aliphatic carbocycles. The molecular weight excluding hydrogens is 572 g/mol. The van der Waals surface area contributed by atoms with Crippen molar-refractivity contribution in [3.63, 3.8) is 0 Å². The molecule has 3 aromatic rings. The summed E-state index contributed by atoms with van der Waals surface area (Å²) in [6.45, 7) is 0. The highest BCUT2D eigenvalue weighted by atomic mass is 16.4. The zero-order valence-corrected chi connectivity index (χ0v) is 23.8. The second kappa shape index (κ2) is 15.8. The van der Waals surface area contributed by atoms with Gasteiger partial charge in [-0.25, -0.2) is 4.79 Å². The number of amides is 4. The molecule has 0 spiro atoms. The van der Waals surface area contributed by atoms with Crippen molar-refractivity contribution in [1.29, 1.82) is 0 Å². The quantitative estimate of drug-likeness (QED) is 0.102. The van der Waals surface area contributed by atoms with Crippen LogP contribution in [0.3, 0.4) is 0 Å². The van der Waals surface area contributed by atoms with Crippen molar-refractivity contribution in [2.75, 3.05) is 0 Å². The molecule has 14 heteroatoms. The van der Waals surface area contributed by atoms with Gasteiger partial charge < -0.3 is 42.6 Å². The van der Waals surface area contributed by atoms with Gasteiger partial charge in [0.25, 0.3) is 0 Å². The first-order chi connectivity index (χ1) is 20.9. The van der Waals surface area contributed by atoms with Gasteiger partial charge in [0.1, 0.15) is 18.1 Å². The third-order valence-electron chi connectivity index (χ3n) is 6.95. The number of benzene rings is 2. The van der Waals surface area contributed by atoms with Crippen LogP contribution in [0.2, 0.25) is 0 Å². The maximum absolute atomic E-state index is 13.5. The molecule has 10 N–H and O–H groups in total. The maximum Gasteiger partial charge on any atom is 0.326 e. The van der Waals surface area contributed by atoms with Crippen molar-refractivity contribution in [2.45, 2.75) is 62.7 Å². The summed E-state index contributed by atoms with van der Waals surface area (Å²) in [5.41, 5.74) is 13.0. The Hall–Kier alpha value is -5.24. The number of fused-ring (bicyclic) bond motifs is 1. The summed E-state index contributed by atoms with van der Waals surface area (Å²) in [6, 6.07) is 10.7. The maximum atomic E-state index is 13.5. The van der Waals surface area contributed by atoms with E-state index in [2.05, 4.69) is 20.9 Å². The number of nitrogens with one attached hydrogen (secondary N) is 4. The number of primary amides is 1. The number of carboxylic acid groups (broad SMARTS) is 2. The van der Waals surface area contributed by atoms with Crippen LogP contribution in [-0.4, -0.2) is 74.9 Å². The lowest BCUT2D eigenvalue weighted by molar-refractivity contribution is -0.142. The lowest BCUT2D eigenvalue weighted by Gasteiger charge is -2.25. The molecule has 234 valence electrons. The number of carboxylic acids is 2. The van der Waals surface area contributed by atoms with Crippen molar-refractivity contribution >= 4 is 46.5 Å². The molecule has 0 fully saturated rings. The van der Waals surface area contributed by atoms with Gasteiger partial charge in [0.15, 0.2) is 0 Å². The van der Waals surface area contributed by atoms with Crippen LogP contribution in [0, 0.1) is 0 Å². The van der Waals surface area contributed by atoms with Crippen LogP contribution in [0.4, 0.5) is 0 Å². The molecule has 14 nitrogen and oxygen atoms in total. The molecule has 0 radical (unpaired) electrons. The van der Waals surface area contributed by atoms with E-state index in [9.17, 15) is 39.0 Å². The summed E-state index contributed by atoms with van der Waals surface area (Å²) in [5, 5.41) is 27.3. The minimum absolute atomic E-state index is 0.0322. The second-order valence-electron chi connectivity index (χ2n) is 10.3. The van der Waals surface area contributed by atoms with Gasteiger partial charge in [0.2, 0.25) is 23.6 Å². The Morgan fingerprint density at radius 3 is 2.00 bits per heavy atom. The Labute approximate surface area is 252 Å². The SMILES string of the molecule is NC(=O)CCC(N)C(=O)NC(CCC(=O)O)C(=O)NC(Cc1ccccc1)C(=O)NC(Cc1c[nH]c2ccccc12)C(=O)O. The first kappa shape index (κ1) is 33.3. The lowest BCUT2D eigenvalue weighted by atomic mass is 10.0. The van der Waals surface area contributed by atoms with Crippen molar-refractivity contribution in [1.82, 2.24) is 20.9 Å². The highest BCUT2D eigenvalue weighted by molar-refractivity contribution is 5.95. The molecule has 4 unspecified atom stereocenters. The number of para-hydroxylation sites is 1. The molecule has 0 aliphatic heterocycles. The van der Waals surface area contributed by atoms with Crippen LogP contribution >= 0.6 is 0 Å². The van der Waals surface area contributed by atoms with Crippen LogP contribution in [0.1, 0.15) is 36.8 Å². The predicted molar refractivity (Wildman–Crippen MR) is 159 cm³/mol. The standard InChI is InChI=1S/C30H36N6O8/c31-20(10-12-25(32)37)27(40)34-22(11-13-26(38)39)28(41)35-23(14-17-6-2-1-3-7-17)29(42)36-24(30(43)44)15-18-16-33-21-9-5-4-8-19(18)21/h1-9,16,20,22-24,33H,10-15,31H2,(H2,32,37)(H,34,40)(H,35,41)(H,36,42)(H,38,39)(H,43,44). The number of hydrogen-bond donors (Lipinski definition) is 8. The fourth-order valence-electron chi connectivity index (χ4n) is 4.57. The predicted octanol–water partition coefficient (Wildman–Crippen LogP) is -0.0503. The molecule has 1 heterocycles. The van der Waals surface area contributed by atoms with E-state index in [0.29, 0.717) is 11.1 Å². The summed E-state index contributed by atoms with van der Waals surface area (Å²) in [5.74, 6) is -5.67. The number of carbonyl (C=O) groups is 6. The summed E-state index contributed by atoms with van der Waals surface area (Å²) in [6.07, 6.45) is 0.500. The van der Waals surface area contributed by atoms with E-state index in [4.69, 9.17) is 11.5 Å². The minimum atomic E-state index is -1.40. The number of hydrogen-bond acceptors (Lipinski definition) is 7. The van der Waals surface area contributed by atoms with Gasteiger partial charge in [0, 0.05) is 42.8 Å². The molecule has 1 aromatic heterocycles. The number of H-pyrrole nitrogens is 1. The smallest absolute Gasteiger partial charge is 0.326 e. The van der Waals surface area contributed by atoms with Gasteiger partial charge in [0.05, 0.1) is 6.04 Å². The highest BCUT2D eigenvalue weighted by Gasteiger charge is 2.31. The molecule has 3 rings (SSSR count). The van der Waals surface area contributed by atoms with Crippen molar-refractivity contribution < 1.29 is 39.0 Å². The number of aliphatic carboxylic acids is 2. The summed E-state index contributed by atoms with van der Waals surface area (Å²) in [4.78, 5) is 77.1. The molecule has 0 aliphatic rings. The largest absolute Gasteiger partial charge is 0.481 e. The fourth-order valence-corrected chi connectivity index (χ4v) is 4.57. The average Bonchev–Trinajstić information content (AvgIpc) is 3.40. The molecule has 0 saturated heterocycles. The van der Waals surface area contributed by atoms with E-state index in [1.165, 1.54) is 0 Å². The van der Waals surface area contributed by atoms with Crippen LogP contribution in [0.25, 0.3) is 10.9 Å². The Morgan fingerprint density at radius 1 is 0.727 bits per heavy atom. The van der Waals surface area contributed by atoms with Gasteiger partial charge in [-0.3, -0.25) is 24.0 Å². The Bertz CT molecular complexity index is 1490. The molecular formula is C30H36N6O8. The summed E-state index contributed by atoms with van der Waals surface area (Å²) in [7, 11) is 0. The van der Waals surface area contributed by atoms with E-state index in [1.807, 2.05) is 24.3 Å². The second-order valence-corrected chi connectivity index (χ2v) is 10.3. The molecule has 44 heavy (non-hydrogen) atoms. The van der Waals surface area contributed by atoms with Crippen molar-refractivity contribution in [2.24, 2.45) is 11.5 Å². The van der Waals surface area contributed by atoms with Crippen LogP contribution < -0.4 is 27.4 Å². The molecule has 0 saturated carbocycles. The lowest BCUT2D eigenvalue weighted by Crippen LogP contribution is -2.58. The van der Waals surface area contributed by atoms with Crippen LogP contribution in [0.5, 0.6) is 0 Å². The van der Waals surface area contributed by atoms with E-state index in [-0.39, 0.29) is 32.1 Å².